The number of aryl methyl sites for hydroxylation is 2. The van der Waals surface area contributed by atoms with E-state index < -0.39 is 5.97 Å². The number of alkyl halides is 2. The second kappa shape index (κ2) is 10.4. The number of hydrogen-bond donors (Lipinski definition) is 2. The number of nitrogens with one attached hydrogen (secondary N) is 1. The molecule has 0 aliphatic carbocycles. The Kier molecular flexibility index (Phi) is 8.25. The summed E-state index contributed by atoms with van der Waals surface area (Å²) in [6, 6.07) is 8.43. The van der Waals surface area contributed by atoms with Gasteiger partial charge in [0.15, 0.2) is 0 Å². The van der Waals surface area contributed by atoms with Crippen LogP contribution in [0.25, 0.3) is 10.9 Å². The number of benzene rings is 1. The van der Waals surface area contributed by atoms with Crippen molar-refractivity contribution in [2.75, 3.05) is 36.3 Å². The van der Waals surface area contributed by atoms with Gasteiger partial charge >= 0.3 is 5.97 Å². The van der Waals surface area contributed by atoms with Crippen molar-refractivity contribution in [3.63, 3.8) is 0 Å². The lowest BCUT2D eigenvalue weighted by Crippen LogP contribution is -2.29. The zero-order chi connectivity index (χ0) is 19.8. The van der Waals surface area contributed by atoms with Gasteiger partial charge in [-0.2, -0.15) is 0 Å². The summed E-state index contributed by atoms with van der Waals surface area (Å²) < 4.78 is 2.13. The largest absolute Gasteiger partial charge is 0.480 e. The fourth-order valence-corrected chi connectivity index (χ4v) is 3.51. The van der Waals surface area contributed by atoms with E-state index in [1.54, 1.807) is 0 Å². The first kappa shape index (κ1) is 21.4. The zero-order valence-corrected chi connectivity index (χ0v) is 16.9. The predicted molar refractivity (Wildman–Crippen MR) is 110 cm³/mol. The van der Waals surface area contributed by atoms with Gasteiger partial charge in [0.1, 0.15) is 6.54 Å². The van der Waals surface area contributed by atoms with Crippen molar-refractivity contribution in [2.24, 2.45) is 7.05 Å². The number of fused-ring (bicyclic) bond motifs is 1. The van der Waals surface area contributed by atoms with Gasteiger partial charge in [0, 0.05) is 60.6 Å². The maximum absolute atomic E-state index is 11.6. The van der Waals surface area contributed by atoms with Gasteiger partial charge in [-0.3, -0.25) is 9.59 Å². The molecule has 6 nitrogen and oxygen atoms in total. The maximum atomic E-state index is 11.6. The summed E-state index contributed by atoms with van der Waals surface area (Å²) in [5.41, 5.74) is 3.35. The lowest BCUT2D eigenvalue weighted by atomic mass is 10.1. The van der Waals surface area contributed by atoms with Gasteiger partial charge in [0.05, 0.1) is 0 Å². The molecule has 0 spiro atoms. The van der Waals surface area contributed by atoms with E-state index in [0.29, 0.717) is 24.6 Å². The van der Waals surface area contributed by atoms with Crippen molar-refractivity contribution in [2.45, 2.75) is 19.3 Å². The number of carboxylic acid groups (broad SMARTS) is 1. The summed E-state index contributed by atoms with van der Waals surface area (Å²) in [7, 11) is 2.01. The van der Waals surface area contributed by atoms with Crippen LogP contribution in [0.5, 0.6) is 0 Å². The second-order valence-corrected chi connectivity index (χ2v) is 7.08. The van der Waals surface area contributed by atoms with E-state index in [1.165, 1.54) is 0 Å². The van der Waals surface area contributed by atoms with Crippen LogP contribution in [0.1, 0.15) is 18.5 Å². The number of hydrogen-bond acceptors (Lipinski definition) is 3. The lowest BCUT2D eigenvalue weighted by molar-refractivity contribution is -0.137. The minimum Gasteiger partial charge on any atom is -0.480 e. The van der Waals surface area contributed by atoms with Gasteiger partial charge in [-0.15, -0.1) is 23.2 Å². The van der Waals surface area contributed by atoms with Gasteiger partial charge in [-0.05, 0) is 37.1 Å². The molecule has 1 heterocycles. The Balaban J connectivity index is 2.05. The lowest BCUT2D eigenvalue weighted by Gasteiger charge is -2.22. The van der Waals surface area contributed by atoms with Crippen LogP contribution in [0.15, 0.2) is 24.3 Å². The van der Waals surface area contributed by atoms with Crippen LogP contribution >= 0.6 is 23.2 Å². The van der Waals surface area contributed by atoms with Crippen LogP contribution in [0.3, 0.4) is 0 Å². The van der Waals surface area contributed by atoms with Crippen LogP contribution in [-0.4, -0.2) is 52.9 Å². The summed E-state index contributed by atoms with van der Waals surface area (Å²) in [4.78, 5) is 24.3. The standard InChI is InChI=1S/C19H25Cl2N3O3/c1-23-15(3-2-4-18(25)22-13-19(26)27)11-14-12-16(5-6-17(14)23)24(9-7-20)10-8-21/h5-6,11-12H,2-4,7-10,13H2,1H3,(H,22,25)(H,26,27). The molecule has 0 atom stereocenters. The SMILES string of the molecule is Cn1c(CCCC(=O)NCC(=O)O)cc2cc(N(CCCl)CCCl)ccc21. The minimum absolute atomic E-state index is 0.240. The second-order valence-electron chi connectivity index (χ2n) is 6.33. The first-order valence-corrected chi connectivity index (χ1v) is 9.97. The number of anilines is 1. The molecule has 0 aliphatic rings. The third-order valence-corrected chi connectivity index (χ3v) is 4.81. The van der Waals surface area contributed by atoms with Crippen molar-refractivity contribution in [3.05, 3.63) is 30.0 Å². The van der Waals surface area contributed by atoms with Crippen molar-refractivity contribution < 1.29 is 14.7 Å². The molecule has 27 heavy (non-hydrogen) atoms. The van der Waals surface area contributed by atoms with Gasteiger partial charge < -0.3 is 19.9 Å². The fourth-order valence-electron chi connectivity index (χ4n) is 3.10. The summed E-state index contributed by atoms with van der Waals surface area (Å²) in [6.45, 7) is 1.15. The highest BCUT2D eigenvalue weighted by Gasteiger charge is 2.11. The van der Waals surface area contributed by atoms with Crippen molar-refractivity contribution >= 4 is 51.7 Å². The highest BCUT2D eigenvalue weighted by atomic mass is 35.5. The van der Waals surface area contributed by atoms with E-state index in [1.807, 2.05) is 7.05 Å². The molecule has 2 aromatic rings. The van der Waals surface area contributed by atoms with Crippen LogP contribution in [0, 0.1) is 0 Å². The van der Waals surface area contributed by atoms with Gasteiger partial charge in [0.2, 0.25) is 5.91 Å². The number of carboxylic acids is 1. The molecule has 1 aromatic heterocycles. The van der Waals surface area contributed by atoms with E-state index in [0.717, 1.165) is 41.8 Å². The maximum Gasteiger partial charge on any atom is 0.322 e. The first-order valence-electron chi connectivity index (χ1n) is 8.90. The Morgan fingerprint density at radius 2 is 1.89 bits per heavy atom. The average Bonchev–Trinajstić information content (AvgIpc) is 2.95. The number of aromatic nitrogens is 1. The first-order chi connectivity index (χ1) is 13.0. The number of rotatable bonds is 11. The molecule has 0 fully saturated rings. The molecule has 1 amide bonds. The molecule has 1 aromatic carbocycles. The summed E-state index contributed by atoms with van der Waals surface area (Å²) in [5, 5.41) is 12.1. The van der Waals surface area contributed by atoms with Crippen molar-refractivity contribution in [1.29, 1.82) is 0 Å². The molecule has 0 saturated heterocycles. The molecular formula is C19H25Cl2N3O3. The Morgan fingerprint density at radius 1 is 1.19 bits per heavy atom. The number of halogens is 2. The number of nitrogens with zero attached hydrogens (tertiary/aromatic N) is 2. The Bertz CT molecular complexity index is 786. The van der Waals surface area contributed by atoms with Gasteiger partial charge in [0.25, 0.3) is 0 Å². The minimum atomic E-state index is -1.04. The molecule has 2 N–H and O–H groups in total. The third kappa shape index (κ3) is 6.04. The Labute approximate surface area is 169 Å². The number of amides is 1. The zero-order valence-electron chi connectivity index (χ0n) is 15.4. The van der Waals surface area contributed by atoms with Crippen LogP contribution < -0.4 is 10.2 Å². The van der Waals surface area contributed by atoms with Crippen LogP contribution in [0.4, 0.5) is 5.69 Å². The summed E-state index contributed by atoms with van der Waals surface area (Å²) >= 11 is 11.8. The van der Waals surface area contributed by atoms with Crippen molar-refractivity contribution in [1.82, 2.24) is 9.88 Å². The van der Waals surface area contributed by atoms with E-state index in [2.05, 4.69) is 39.0 Å². The van der Waals surface area contributed by atoms with Gasteiger partial charge in [-0.1, -0.05) is 0 Å². The van der Waals surface area contributed by atoms with Crippen molar-refractivity contribution in [3.8, 4) is 0 Å². The van der Waals surface area contributed by atoms with Crippen LogP contribution in [-0.2, 0) is 23.1 Å². The molecule has 0 saturated carbocycles. The summed E-state index contributed by atoms with van der Waals surface area (Å²) in [5.74, 6) is -0.195. The van der Waals surface area contributed by atoms with Crippen LogP contribution in [0.2, 0.25) is 0 Å². The smallest absolute Gasteiger partial charge is 0.322 e. The highest BCUT2D eigenvalue weighted by Crippen LogP contribution is 2.26. The molecule has 2 rings (SSSR count). The number of carbonyl (C=O) groups is 2. The fraction of sp³-hybridized carbons (Fsp3) is 0.474. The topological polar surface area (TPSA) is 74.6 Å². The molecular weight excluding hydrogens is 389 g/mol. The number of carbonyl (C=O) groups excluding carboxylic acids is 1. The number of aliphatic carboxylic acids is 1. The molecule has 0 bridgehead atoms. The monoisotopic (exact) mass is 413 g/mol. The van der Waals surface area contributed by atoms with E-state index in [-0.39, 0.29) is 12.5 Å². The van der Waals surface area contributed by atoms with E-state index in [4.69, 9.17) is 28.3 Å². The highest BCUT2D eigenvalue weighted by molar-refractivity contribution is 6.18. The average molecular weight is 414 g/mol. The normalized spacial score (nSPS) is 10.9. The van der Waals surface area contributed by atoms with Gasteiger partial charge in [-0.25, -0.2) is 0 Å². The molecule has 148 valence electrons. The quantitative estimate of drug-likeness (QED) is 0.555. The van der Waals surface area contributed by atoms with E-state index >= 15 is 0 Å². The predicted octanol–water partition coefficient (Wildman–Crippen LogP) is 2.99. The molecule has 0 aliphatic heterocycles. The van der Waals surface area contributed by atoms with E-state index in [9.17, 15) is 9.59 Å². The summed E-state index contributed by atoms with van der Waals surface area (Å²) in [6.07, 6.45) is 1.71. The Morgan fingerprint density at radius 3 is 2.52 bits per heavy atom. The molecule has 8 heteroatoms. The molecule has 0 unspecified atom stereocenters. The molecule has 0 radical (unpaired) electrons. The Hall–Kier alpha value is -1.92. The third-order valence-electron chi connectivity index (χ3n) is 4.47.